The smallest absolute Gasteiger partial charge is 0.223 e. The van der Waals surface area contributed by atoms with Gasteiger partial charge in [-0.1, -0.05) is 18.2 Å². The van der Waals surface area contributed by atoms with Gasteiger partial charge in [0.25, 0.3) is 0 Å². The van der Waals surface area contributed by atoms with E-state index >= 15 is 0 Å². The van der Waals surface area contributed by atoms with Crippen LogP contribution in [0.2, 0.25) is 0 Å². The Morgan fingerprint density at radius 1 is 0.889 bits per heavy atom. The van der Waals surface area contributed by atoms with Gasteiger partial charge in [-0.15, -0.1) is 15.0 Å². The van der Waals surface area contributed by atoms with E-state index in [2.05, 4.69) is 20.4 Å². The van der Waals surface area contributed by atoms with E-state index in [1.807, 2.05) is 60.7 Å². The van der Waals surface area contributed by atoms with E-state index in [0.717, 1.165) is 28.3 Å². The number of ether oxygens (including phenoxy) is 2. The molecule has 2 aromatic heterocycles. The Balaban J connectivity index is 1.71. The molecular formula is C20H17N5O2. The second kappa shape index (κ2) is 7.25. The molecule has 0 radical (unpaired) electrons. The largest absolute Gasteiger partial charge is 0.497 e. The monoisotopic (exact) mass is 359 g/mol. The van der Waals surface area contributed by atoms with Crippen LogP contribution in [0.3, 0.4) is 0 Å². The van der Waals surface area contributed by atoms with E-state index in [4.69, 9.17) is 9.47 Å². The van der Waals surface area contributed by atoms with Crippen molar-refractivity contribution in [3.05, 3.63) is 66.9 Å². The Morgan fingerprint density at radius 2 is 1.81 bits per heavy atom. The Hall–Kier alpha value is -3.74. The van der Waals surface area contributed by atoms with Gasteiger partial charge in [0.05, 0.1) is 19.9 Å². The van der Waals surface area contributed by atoms with Crippen molar-refractivity contribution in [2.24, 2.45) is 0 Å². The molecule has 2 heterocycles. The average Bonchev–Trinajstić information content (AvgIpc) is 3.24. The molecule has 0 spiro atoms. The molecule has 4 aromatic rings. The minimum atomic E-state index is 0.475. The first-order valence-electron chi connectivity index (χ1n) is 8.33. The summed E-state index contributed by atoms with van der Waals surface area (Å²) in [6.45, 7) is 0. The molecule has 27 heavy (non-hydrogen) atoms. The van der Waals surface area contributed by atoms with E-state index in [0.29, 0.717) is 11.5 Å². The van der Waals surface area contributed by atoms with Gasteiger partial charge >= 0.3 is 0 Å². The maximum atomic E-state index is 5.51. The molecule has 0 aliphatic rings. The second-order valence-corrected chi connectivity index (χ2v) is 5.73. The van der Waals surface area contributed by atoms with Crippen molar-refractivity contribution >= 4 is 0 Å². The molecule has 0 atom stereocenters. The Bertz CT molecular complexity index is 1060. The molecule has 0 aliphatic heterocycles. The summed E-state index contributed by atoms with van der Waals surface area (Å²) in [6, 6.07) is 19.1. The van der Waals surface area contributed by atoms with Crippen molar-refractivity contribution in [3.63, 3.8) is 0 Å². The first-order chi connectivity index (χ1) is 13.3. The molecule has 0 unspecified atom stereocenters. The third-order valence-corrected chi connectivity index (χ3v) is 4.10. The Labute approximate surface area is 156 Å². The summed E-state index contributed by atoms with van der Waals surface area (Å²) in [7, 11) is 3.27. The number of methoxy groups -OCH3 is 2. The summed E-state index contributed by atoms with van der Waals surface area (Å²) in [4.78, 5) is 5.74. The highest BCUT2D eigenvalue weighted by atomic mass is 16.5. The van der Waals surface area contributed by atoms with Crippen LogP contribution in [0.15, 0.2) is 66.9 Å². The van der Waals surface area contributed by atoms with E-state index in [1.165, 1.54) is 4.80 Å². The highest BCUT2D eigenvalue weighted by Crippen LogP contribution is 2.33. The van der Waals surface area contributed by atoms with Crippen molar-refractivity contribution in [3.8, 4) is 39.8 Å². The number of tetrazole rings is 1. The van der Waals surface area contributed by atoms with E-state index in [9.17, 15) is 0 Å². The van der Waals surface area contributed by atoms with Crippen LogP contribution >= 0.6 is 0 Å². The van der Waals surface area contributed by atoms with Crippen molar-refractivity contribution in [2.45, 2.75) is 0 Å². The molecule has 134 valence electrons. The number of aromatic nitrogens is 5. The zero-order valence-electron chi connectivity index (χ0n) is 14.9. The zero-order valence-corrected chi connectivity index (χ0v) is 14.9. The summed E-state index contributed by atoms with van der Waals surface area (Å²) >= 11 is 0. The van der Waals surface area contributed by atoms with Crippen LogP contribution in [-0.4, -0.2) is 39.4 Å². The number of hydrogen-bond acceptors (Lipinski definition) is 6. The van der Waals surface area contributed by atoms with Gasteiger partial charge in [-0.2, -0.15) is 0 Å². The average molecular weight is 359 g/mol. The normalized spacial score (nSPS) is 10.6. The lowest BCUT2D eigenvalue weighted by atomic mass is 10.0. The first-order valence-corrected chi connectivity index (χ1v) is 8.33. The summed E-state index contributed by atoms with van der Waals surface area (Å²) < 4.78 is 10.8. The lowest BCUT2D eigenvalue weighted by molar-refractivity contribution is 0.395. The molecule has 7 heteroatoms. The maximum Gasteiger partial charge on any atom is 0.223 e. The summed E-state index contributed by atoms with van der Waals surface area (Å²) in [5, 5.41) is 12.7. The summed E-state index contributed by atoms with van der Waals surface area (Å²) in [5.74, 6) is 1.94. The van der Waals surface area contributed by atoms with Crippen LogP contribution in [0.1, 0.15) is 0 Å². The highest BCUT2D eigenvalue weighted by Gasteiger charge is 2.11. The predicted molar refractivity (Wildman–Crippen MR) is 101 cm³/mol. The van der Waals surface area contributed by atoms with Gasteiger partial charge in [0.1, 0.15) is 17.2 Å². The second-order valence-electron chi connectivity index (χ2n) is 5.73. The third-order valence-electron chi connectivity index (χ3n) is 4.10. The Morgan fingerprint density at radius 3 is 2.59 bits per heavy atom. The number of pyridine rings is 1. The molecule has 0 saturated carbocycles. The van der Waals surface area contributed by atoms with Crippen molar-refractivity contribution in [1.29, 1.82) is 0 Å². The molecule has 0 saturated heterocycles. The van der Waals surface area contributed by atoms with Crippen molar-refractivity contribution in [2.75, 3.05) is 14.2 Å². The van der Waals surface area contributed by atoms with Crippen LogP contribution < -0.4 is 9.47 Å². The Kier molecular flexibility index (Phi) is 4.49. The quantitative estimate of drug-likeness (QED) is 0.544. The molecule has 0 N–H and O–H groups in total. The predicted octanol–water partition coefficient (Wildman–Crippen LogP) is 3.41. The first kappa shape index (κ1) is 16.7. The third kappa shape index (κ3) is 3.35. The lowest BCUT2D eigenvalue weighted by Crippen LogP contribution is -1.99. The standard InChI is InChI=1S/C20H17N5O2/c1-26-16-9-10-17(19(13-16)27-2)14-6-5-7-15(12-14)25-23-20(22-24-25)18-8-3-4-11-21-18/h3-13H,1-2H3. The molecule has 0 fully saturated rings. The topological polar surface area (TPSA) is 75.0 Å². The van der Waals surface area contributed by atoms with E-state index in [1.54, 1.807) is 20.4 Å². The van der Waals surface area contributed by atoms with Gasteiger partial charge in [0, 0.05) is 17.8 Å². The minimum absolute atomic E-state index is 0.475. The SMILES string of the molecule is COc1ccc(-c2cccc(-n3nnc(-c4ccccn4)n3)c2)c(OC)c1. The summed E-state index contributed by atoms with van der Waals surface area (Å²) in [6.07, 6.45) is 1.70. The van der Waals surface area contributed by atoms with Crippen LogP contribution in [0.4, 0.5) is 0 Å². The van der Waals surface area contributed by atoms with Gasteiger partial charge in [0.2, 0.25) is 5.82 Å². The molecule has 7 nitrogen and oxygen atoms in total. The lowest BCUT2D eigenvalue weighted by Gasteiger charge is -2.11. The van der Waals surface area contributed by atoms with Gasteiger partial charge in [0.15, 0.2) is 0 Å². The van der Waals surface area contributed by atoms with Crippen LogP contribution in [-0.2, 0) is 0 Å². The number of hydrogen-bond donors (Lipinski definition) is 0. The fraction of sp³-hybridized carbons (Fsp3) is 0.100. The fourth-order valence-corrected chi connectivity index (χ4v) is 2.76. The van der Waals surface area contributed by atoms with E-state index < -0.39 is 0 Å². The maximum absolute atomic E-state index is 5.51. The molecule has 0 aliphatic carbocycles. The van der Waals surface area contributed by atoms with Crippen LogP contribution in [0.5, 0.6) is 11.5 Å². The van der Waals surface area contributed by atoms with Crippen molar-refractivity contribution < 1.29 is 9.47 Å². The molecule has 2 aromatic carbocycles. The van der Waals surface area contributed by atoms with Gasteiger partial charge in [-0.05, 0) is 47.2 Å². The number of nitrogens with zero attached hydrogens (tertiary/aromatic N) is 5. The summed E-state index contributed by atoms with van der Waals surface area (Å²) in [5.41, 5.74) is 3.39. The molecule has 0 amide bonds. The molecular weight excluding hydrogens is 342 g/mol. The van der Waals surface area contributed by atoms with Gasteiger partial charge in [-0.25, -0.2) is 0 Å². The highest BCUT2D eigenvalue weighted by molar-refractivity contribution is 5.73. The number of benzene rings is 2. The van der Waals surface area contributed by atoms with Crippen molar-refractivity contribution in [1.82, 2.24) is 25.2 Å². The minimum Gasteiger partial charge on any atom is -0.497 e. The zero-order chi connectivity index (χ0) is 18.6. The number of rotatable bonds is 5. The fourth-order valence-electron chi connectivity index (χ4n) is 2.76. The molecule has 0 bridgehead atoms. The van der Waals surface area contributed by atoms with Gasteiger partial charge in [-0.3, -0.25) is 4.98 Å². The van der Waals surface area contributed by atoms with E-state index in [-0.39, 0.29) is 0 Å². The van der Waals surface area contributed by atoms with Gasteiger partial charge < -0.3 is 9.47 Å². The molecule has 4 rings (SSSR count). The van der Waals surface area contributed by atoms with Crippen LogP contribution in [0, 0.1) is 0 Å². The van der Waals surface area contributed by atoms with Crippen LogP contribution in [0.25, 0.3) is 28.3 Å².